The Bertz CT molecular complexity index is 998. The zero-order chi connectivity index (χ0) is 21.3. The van der Waals surface area contributed by atoms with Gasteiger partial charge in [0.1, 0.15) is 24.7 Å². The highest BCUT2D eigenvalue weighted by Gasteiger charge is 2.14. The van der Waals surface area contributed by atoms with Gasteiger partial charge in [0.15, 0.2) is 0 Å². The van der Waals surface area contributed by atoms with Crippen molar-refractivity contribution in [3.63, 3.8) is 0 Å². The van der Waals surface area contributed by atoms with Gasteiger partial charge in [-0.25, -0.2) is 4.98 Å². The van der Waals surface area contributed by atoms with Crippen LogP contribution < -0.4 is 15.4 Å². The van der Waals surface area contributed by atoms with Crippen molar-refractivity contribution in [1.29, 1.82) is 0 Å². The first-order valence-corrected chi connectivity index (χ1v) is 9.70. The van der Waals surface area contributed by atoms with Crippen LogP contribution in [0.4, 0.5) is 0 Å². The first kappa shape index (κ1) is 21.3. The van der Waals surface area contributed by atoms with E-state index in [1.165, 1.54) is 7.11 Å². The summed E-state index contributed by atoms with van der Waals surface area (Å²) in [4.78, 5) is 28.8. The zero-order valence-electron chi connectivity index (χ0n) is 17.2. The highest BCUT2D eigenvalue weighted by atomic mass is 16.5. The number of ether oxygens (including phenoxy) is 2. The second kappa shape index (κ2) is 10.4. The van der Waals surface area contributed by atoms with Crippen molar-refractivity contribution in [3.05, 3.63) is 59.9 Å². The number of fused-ring (bicyclic) bond motifs is 1. The van der Waals surface area contributed by atoms with Crippen LogP contribution in [0.1, 0.15) is 11.4 Å². The third kappa shape index (κ3) is 5.57. The van der Waals surface area contributed by atoms with Gasteiger partial charge in [-0.15, -0.1) is 0 Å². The maximum Gasteiger partial charge on any atom is 0.245 e. The molecule has 0 unspecified atom stereocenters. The van der Waals surface area contributed by atoms with Crippen molar-refractivity contribution < 1.29 is 19.1 Å². The van der Waals surface area contributed by atoms with Gasteiger partial charge in [0.05, 0.1) is 18.1 Å². The molecule has 8 nitrogen and oxygen atoms in total. The van der Waals surface area contributed by atoms with Gasteiger partial charge in [-0.3, -0.25) is 9.59 Å². The molecule has 2 amide bonds. The van der Waals surface area contributed by atoms with Gasteiger partial charge in [-0.05, 0) is 29.8 Å². The summed E-state index contributed by atoms with van der Waals surface area (Å²) in [5, 5.41) is 5.73. The molecular weight excluding hydrogens is 384 g/mol. The van der Waals surface area contributed by atoms with E-state index in [9.17, 15) is 9.59 Å². The summed E-state index contributed by atoms with van der Waals surface area (Å²) in [5.74, 6) is 1.22. The highest BCUT2D eigenvalue weighted by molar-refractivity contribution is 5.81. The summed E-state index contributed by atoms with van der Waals surface area (Å²) in [6.07, 6.45) is 0.510. The molecule has 2 N–H and O–H groups in total. The van der Waals surface area contributed by atoms with Gasteiger partial charge in [0, 0.05) is 26.6 Å². The minimum Gasteiger partial charge on any atom is -0.497 e. The third-order valence-corrected chi connectivity index (χ3v) is 4.63. The smallest absolute Gasteiger partial charge is 0.245 e. The monoisotopic (exact) mass is 410 g/mol. The minimum absolute atomic E-state index is 0.0180. The van der Waals surface area contributed by atoms with Crippen LogP contribution in [-0.4, -0.2) is 48.7 Å². The second-order valence-corrected chi connectivity index (χ2v) is 6.76. The SMILES string of the molecule is COCC(=O)NCCc1nc2ccccc2n1CC(=O)NCc1ccc(OC)cc1. The zero-order valence-corrected chi connectivity index (χ0v) is 17.2. The fourth-order valence-corrected chi connectivity index (χ4v) is 3.13. The number of methoxy groups -OCH3 is 2. The molecule has 0 saturated carbocycles. The van der Waals surface area contributed by atoms with Crippen molar-refractivity contribution in [2.45, 2.75) is 19.5 Å². The summed E-state index contributed by atoms with van der Waals surface area (Å²) in [6.45, 7) is 1.01. The summed E-state index contributed by atoms with van der Waals surface area (Å²) < 4.78 is 11.9. The molecule has 1 heterocycles. The molecule has 3 aromatic rings. The number of hydrogen-bond donors (Lipinski definition) is 2. The Hall–Kier alpha value is -3.39. The molecule has 0 bridgehead atoms. The van der Waals surface area contributed by atoms with Crippen molar-refractivity contribution in [2.24, 2.45) is 0 Å². The molecule has 0 atom stereocenters. The maximum absolute atomic E-state index is 12.6. The Balaban J connectivity index is 1.65. The molecule has 3 rings (SSSR count). The van der Waals surface area contributed by atoms with E-state index in [-0.39, 0.29) is 25.0 Å². The number of amides is 2. The van der Waals surface area contributed by atoms with Crippen molar-refractivity contribution in [3.8, 4) is 5.75 Å². The van der Waals surface area contributed by atoms with Crippen LogP contribution in [0.25, 0.3) is 11.0 Å². The molecule has 0 saturated heterocycles. The number of para-hydroxylation sites is 2. The molecule has 0 aliphatic rings. The summed E-state index contributed by atoms with van der Waals surface area (Å²) >= 11 is 0. The van der Waals surface area contributed by atoms with Gasteiger partial charge in [-0.1, -0.05) is 24.3 Å². The van der Waals surface area contributed by atoms with E-state index in [1.54, 1.807) is 7.11 Å². The Labute approximate surface area is 175 Å². The number of rotatable bonds is 10. The maximum atomic E-state index is 12.6. The van der Waals surface area contributed by atoms with Gasteiger partial charge in [-0.2, -0.15) is 0 Å². The number of carbonyl (C=O) groups excluding carboxylic acids is 2. The van der Waals surface area contributed by atoms with Crippen LogP contribution in [0.2, 0.25) is 0 Å². The molecule has 0 fully saturated rings. The van der Waals surface area contributed by atoms with Crippen LogP contribution in [0.15, 0.2) is 48.5 Å². The Morgan fingerprint density at radius 1 is 1.00 bits per heavy atom. The molecule has 0 aliphatic carbocycles. The first-order valence-electron chi connectivity index (χ1n) is 9.70. The molecule has 1 aromatic heterocycles. The van der Waals surface area contributed by atoms with Crippen LogP contribution in [0.5, 0.6) is 5.75 Å². The quantitative estimate of drug-likeness (QED) is 0.530. The Morgan fingerprint density at radius 3 is 2.50 bits per heavy atom. The number of imidazole rings is 1. The number of aromatic nitrogens is 2. The largest absolute Gasteiger partial charge is 0.497 e. The molecule has 158 valence electrons. The second-order valence-electron chi connectivity index (χ2n) is 6.76. The van der Waals surface area contributed by atoms with Gasteiger partial charge in [0.2, 0.25) is 11.8 Å². The minimum atomic E-state index is -0.183. The summed E-state index contributed by atoms with van der Waals surface area (Å²) in [6, 6.07) is 15.2. The van der Waals surface area contributed by atoms with E-state index in [0.29, 0.717) is 19.5 Å². The third-order valence-electron chi connectivity index (χ3n) is 4.63. The molecule has 0 aliphatic heterocycles. The lowest BCUT2D eigenvalue weighted by molar-refractivity contribution is -0.124. The van der Waals surface area contributed by atoms with E-state index < -0.39 is 0 Å². The number of benzene rings is 2. The van der Waals surface area contributed by atoms with Gasteiger partial charge >= 0.3 is 0 Å². The first-order chi connectivity index (χ1) is 14.6. The van der Waals surface area contributed by atoms with E-state index in [1.807, 2.05) is 53.1 Å². The van der Waals surface area contributed by atoms with Crippen LogP contribution in [0, 0.1) is 0 Å². The van der Waals surface area contributed by atoms with Crippen molar-refractivity contribution in [2.75, 3.05) is 27.4 Å². The van der Waals surface area contributed by atoms with Crippen molar-refractivity contribution in [1.82, 2.24) is 20.2 Å². The van der Waals surface area contributed by atoms with Crippen LogP contribution in [-0.2, 0) is 33.8 Å². The predicted octanol–water partition coefficient (Wildman–Crippen LogP) is 1.67. The van der Waals surface area contributed by atoms with E-state index in [4.69, 9.17) is 9.47 Å². The number of nitrogens with zero attached hydrogens (tertiary/aromatic N) is 2. The number of nitrogens with one attached hydrogen (secondary N) is 2. The number of carbonyl (C=O) groups is 2. The molecule has 30 heavy (non-hydrogen) atoms. The molecule has 0 radical (unpaired) electrons. The van der Waals surface area contributed by atoms with E-state index >= 15 is 0 Å². The Kier molecular flexibility index (Phi) is 7.40. The average molecular weight is 410 g/mol. The van der Waals surface area contributed by atoms with Crippen molar-refractivity contribution >= 4 is 22.8 Å². The summed E-state index contributed by atoms with van der Waals surface area (Å²) in [5.41, 5.74) is 2.69. The van der Waals surface area contributed by atoms with E-state index in [2.05, 4.69) is 15.6 Å². The predicted molar refractivity (Wildman–Crippen MR) is 113 cm³/mol. The average Bonchev–Trinajstić information content (AvgIpc) is 3.10. The van der Waals surface area contributed by atoms with E-state index in [0.717, 1.165) is 28.2 Å². The lowest BCUT2D eigenvalue weighted by Crippen LogP contribution is -2.31. The lowest BCUT2D eigenvalue weighted by Gasteiger charge is -2.11. The number of hydrogen-bond acceptors (Lipinski definition) is 5. The molecule has 0 spiro atoms. The fraction of sp³-hybridized carbons (Fsp3) is 0.318. The van der Waals surface area contributed by atoms with Gasteiger partial charge in [0.25, 0.3) is 0 Å². The van der Waals surface area contributed by atoms with Gasteiger partial charge < -0.3 is 24.7 Å². The highest BCUT2D eigenvalue weighted by Crippen LogP contribution is 2.16. The molecule has 8 heteroatoms. The molecular formula is C22H26N4O4. The van der Waals surface area contributed by atoms with Crippen LogP contribution in [0.3, 0.4) is 0 Å². The summed E-state index contributed by atoms with van der Waals surface area (Å²) in [7, 11) is 3.09. The topological polar surface area (TPSA) is 94.5 Å². The molecule has 2 aromatic carbocycles. The fourth-order valence-electron chi connectivity index (χ4n) is 3.13. The standard InChI is InChI=1S/C22H26N4O4/c1-29-15-22(28)23-12-11-20-25-18-5-3-4-6-19(18)26(20)14-21(27)24-13-16-7-9-17(30-2)10-8-16/h3-10H,11-15H2,1-2H3,(H,23,28)(H,24,27). The van der Waals surface area contributed by atoms with Crippen LogP contribution >= 0.6 is 0 Å². The lowest BCUT2D eigenvalue weighted by atomic mass is 10.2. The Morgan fingerprint density at radius 2 is 1.77 bits per heavy atom. The normalized spacial score (nSPS) is 10.7.